The summed E-state index contributed by atoms with van der Waals surface area (Å²) in [6.07, 6.45) is 1.86. The Morgan fingerprint density at radius 3 is 2.42 bits per heavy atom. The van der Waals surface area contributed by atoms with Gasteiger partial charge in [0.25, 0.3) is 0 Å². The van der Waals surface area contributed by atoms with Crippen LogP contribution in [0.5, 0.6) is 11.5 Å². The van der Waals surface area contributed by atoms with Gasteiger partial charge >= 0.3 is 5.69 Å². The molecule has 0 saturated heterocycles. The molecule has 8 heteroatoms. The monoisotopic (exact) mass is 503 g/mol. The second-order valence-electron chi connectivity index (χ2n) is 9.08. The van der Waals surface area contributed by atoms with E-state index in [0.29, 0.717) is 17.2 Å². The molecule has 0 aliphatic heterocycles. The maximum Gasteiger partial charge on any atom is 0.334 e. The summed E-state index contributed by atoms with van der Waals surface area (Å²) in [6.45, 7) is 2.09. The van der Waals surface area contributed by atoms with E-state index in [1.54, 1.807) is 24.9 Å². The quantitative estimate of drug-likeness (QED) is 0.313. The average molecular weight is 504 g/mol. The van der Waals surface area contributed by atoms with Gasteiger partial charge in [-0.05, 0) is 31.2 Å². The van der Waals surface area contributed by atoms with Gasteiger partial charge in [0, 0.05) is 50.9 Å². The van der Waals surface area contributed by atoms with E-state index in [-0.39, 0.29) is 17.9 Å². The summed E-state index contributed by atoms with van der Waals surface area (Å²) < 4.78 is 14.1. The highest BCUT2D eigenvalue weighted by Crippen LogP contribution is 2.36. The third kappa shape index (κ3) is 3.48. The van der Waals surface area contributed by atoms with Crippen LogP contribution in [-0.4, -0.2) is 33.3 Å². The van der Waals surface area contributed by atoms with Gasteiger partial charge in [-0.1, -0.05) is 36.4 Å². The largest absolute Gasteiger partial charge is 0.497 e. The number of H-pyrrole nitrogens is 2. The van der Waals surface area contributed by atoms with E-state index in [0.717, 1.165) is 44.3 Å². The van der Waals surface area contributed by atoms with Crippen molar-refractivity contribution >= 4 is 21.8 Å². The fraction of sp³-hybridized carbons (Fsp3) is 0.133. The van der Waals surface area contributed by atoms with Crippen molar-refractivity contribution in [1.82, 2.24) is 19.1 Å². The number of fused-ring (bicyclic) bond motifs is 2. The summed E-state index contributed by atoms with van der Waals surface area (Å²) in [5.41, 5.74) is 5.42. The number of hydrogen-bond acceptors (Lipinski definition) is 4. The minimum Gasteiger partial charge on any atom is -0.497 e. The van der Waals surface area contributed by atoms with Crippen molar-refractivity contribution in [1.29, 1.82) is 5.26 Å². The predicted molar refractivity (Wildman–Crippen MR) is 147 cm³/mol. The zero-order chi connectivity index (χ0) is 26.4. The van der Waals surface area contributed by atoms with Crippen LogP contribution in [0.1, 0.15) is 17.0 Å². The zero-order valence-corrected chi connectivity index (χ0v) is 21.2. The van der Waals surface area contributed by atoms with Crippen LogP contribution in [0.15, 0.2) is 77.7 Å². The minimum atomic E-state index is -0.312. The van der Waals surface area contributed by atoms with E-state index < -0.39 is 0 Å². The van der Waals surface area contributed by atoms with Crippen LogP contribution in [-0.2, 0) is 6.54 Å². The van der Waals surface area contributed by atoms with Crippen LogP contribution in [0.3, 0.4) is 0 Å². The van der Waals surface area contributed by atoms with Crippen molar-refractivity contribution in [3.05, 3.63) is 100 Å². The third-order valence-electron chi connectivity index (χ3n) is 7.00. The molecule has 6 rings (SSSR count). The highest BCUT2D eigenvalue weighted by atomic mass is 16.5. The molecule has 3 aromatic heterocycles. The van der Waals surface area contributed by atoms with Crippen molar-refractivity contribution in [3.8, 4) is 34.5 Å². The number of benzene rings is 3. The Bertz CT molecular complexity index is 1930. The maximum atomic E-state index is 14.3. The summed E-state index contributed by atoms with van der Waals surface area (Å²) >= 11 is 0. The van der Waals surface area contributed by atoms with Crippen LogP contribution in [0.25, 0.3) is 38.8 Å². The number of methoxy groups -OCH3 is 2. The van der Waals surface area contributed by atoms with E-state index in [2.05, 4.69) is 16.0 Å². The van der Waals surface area contributed by atoms with Gasteiger partial charge in [0.2, 0.25) is 0 Å². The lowest BCUT2D eigenvalue weighted by atomic mass is 10.1. The number of hydrogen-bond donors (Lipinski definition) is 2. The Morgan fingerprint density at radius 1 is 0.947 bits per heavy atom. The first-order chi connectivity index (χ1) is 18.5. The Labute approximate surface area is 218 Å². The second kappa shape index (κ2) is 9.05. The van der Waals surface area contributed by atoms with Gasteiger partial charge in [-0.15, -0.1) is 0 Å². The molecule has 2 N–H and O–H groups in total. The molecule has 0 radical (unpaired) electrons. The van der Waals surface area contributed by atoms with Crippen molar-refractivity contribution in [2.75, 3.05) is 14.2 Å². The lowest BCUT2D eigenvalue weighted by Crippen LogP contribution is -2.25. The molecule has 188 valence electrons. The predicted octanol–water partition coefficient (Wildman–Crippen LogP) is 5.51. The van der Waals surface area contributed by atoms with E-state index in [1.165, 1.54) is 4.57 Å². The van der Waals surface area contributed by atoms with Crippen molar-refractivity contribution < 1.29 is 9.47 Å². The van der Waals surface area contributed by atoms with E-state index in [1.807, 2.05) is 73.8 Å². The Hall–Kier alpha value is -5.16. The second-order valence-corrected chi connectivity index (χ2v) is 9.08. The summed E-state index contributed by atoms with van der Waals surface area (Å²) in [5.74, 6) is 1.22. The summed E-state index contributed by atoms with van der Waals surface area (Å²) in [6, 6.07) is 23.5. The molecule has 0 aliphatic rings. The number of imidazole rings is 1. The SMILES string of the molecule is COc1ccc(Cn2c(C#N)c(-c3c[nH]c4ccccc34)n(-c3c(C)[nH]c4ccccc34)c2=O)c(OC)c1. The Morgan fingerprint density at radius 2 is 1.68 bits per heavy atom. The van der Waals surface area contributed by atoms with Crippen molar-refractivity contribution in [3.63, 3.8) is 0 Å². The molecule has 6 aromatic rings. The average Bonchev–Trinajstić information content (AvgIpc) is 3.59. The molecule has 0 amide bonds. The number of nitriles is 1. The molecule has 0 atom stereocenters. The van der Waals surface area contributed by atoms with Gasteiger partial charge in [0.1, 0.15) is 23.3 Å². The first-order valence-electron chi connectivity index (χ1n) is 12.2. The normalized spacial score (nSPS) is 11.2. The number of nitrogens with zero attached hydrogens (tertiary/aromatic N) is 3. The molecule has 0 fully saturated rings. The third-order valence-corrected chi connectivity index (χ3v) is 7.00. The Kier molecular flexibility index (Phi) is 5.54. The molecule has 0 bridgehead atoms. The van der Waals surface area contributed by atoms with Crippen LogP contribution in [0, 0.1) is 18.3 Å². The maximum absolute atomic E-state index is 14.3. The summed E-state index contributed by atoms with van der Waals surface area (Å²) in [4.78, 5) is 21.0. The molecule has 3 heterocycles. The van der Waals surface area contributed by atoms with Crippen LogP contribution < -0.4 is 15.2 Å². The van der Waals surface area contributed by atoms with Gasteiger partial charge in [0.15, 0.2) is 0 Å². The van der Waals surface area contributed by atoms with E-state index in [4.69, 9.17) is 9.47 Å². The molecule has 0 spiro atoms. The van der Waals surface area contributed by atoms with E-state index in [9.17, 15) is 10.1 Å². The van der Waals surface area contributed by atoms with Gasteiger partial charge < -0.3 is 19.4 Å². The smallest absolute Gasteiger partial charge is 0.334 e. The summed E-state index contributed by atoms with van der Waals surface area (Å²) in [5, 5.41) is 12.3. The molecular formula is C30H25N5O3. The first-order valence-corrected chi connectivity index (χ1v) is 12.2. The highest BCUT2D eigenvalue weighted by Gasteiger charge is 2.27. The van der Waals surface area contributed by atoms with Gasteiger partial charge in [-0.3, -0.25) is 9.13 Å². The summed E-state index contributed by atoms with van der Waals surface area (Å²) in [7, 11) is 3.16. The molecule has 3 aromatic carbocycles. The molecule has 0 saturated carbocycles. The standard InChI is InChI=1S/C30H25N5O3/c1-18-28(22-9-5-7-11-25(22)33-18)35-29(23-16-32-24-10-6-4-8-21(23)24)26(15-31)34(30(35)36)17-19-12-13-20(37-2)14-27(19)38-3/h4-14,16,32-33H,17H2,1-3H3. The van der Waals surface area contributed by atoms with Gasteiger partial charge in [-0.25, -0.2) is 4.79 Å². The van der Waals surface area contributed by atoms with Gasteiger partial charge in [0.05, 0.1) is 32.1 Å². The number of para-hydroxylation sites is 2. The fourth-order valence-electron chi connectivity index (χ4n) is 5.23. The van der Waals surface area contributed by atoms with Crippen molar-refractivity contribution in [2.45, 2.75) is 13.5 Å². The van der Waals surface area contributed by atoms with Crippen LogP contribution in [0.4, 0.5) is 0 Å². The van der Waals surface area contributed by atoms with Crippen molar-refractivity contribution in [2.24, 2.45) is 0 Å². The first kappa shape index (κ1) is 23.3. The number of rotatable bonds is 6. The molecule has 0 aliphatic carbocycles. The van der Waals surface area contributed by atoms with Crippen LogP contribution in [0.2, 0.25) is 0 Å². The lowest BCUT2D eigenvalue weighted by molar-refractivity contribution is 0.390. The minimum absolute atomic E-state index is 0.151. The molecule has 0 unspecified atom stereocenters. The topological polar surface area (TPSA) is 101 Å². The van der Waals surface area contributed by atoms with E-state index >= 15 is 0 Å². The highest BCUT2D eigenvalue weighted by molar-refractivity contribution is 5.97. The molecule has 38 heavy (non-hydrogen) atoms. The number of nitrogens with one attached hydrogen (secondary N) is 2. The lowest BCUT2D eigenvalue weighted by Gasteiger charge is -2.11. The Balaban J connectivity index is 1.68. The number of aromatic nitrogens is 4. The molecular weight excluding hydrogens is 478 g/mol. The molecule has 8 nitrogen and oxygen atoms in total. The van der Waals surface area contributed by atoms with Crippen LogP contribution >= 0.6 is 0 Å². The fourth-order valence-corrected chi connectivity index (χ4v) is 5.23. The number of ether oxygens (including phenoxy) is 2. The number of aromatic amines is 2. The number of aryl methyl sites for hydroxylation is 1. The van der Waals surface area contributed by atoms with Gasteiger partial charge in [-0.2, -0.15) is 5.26 Å². The zero-order valence-electron chi connectivity index (χ0n) is 21.2.